The Hall–Kier alpha value is -2.70. The molecule has 1 aliphatic carbocycles. The molecule has 0 aliphatic heterocycles. The number of hydrogen-bond donors (Lipinski definition) is 2. The van der Waals surface area contributed by atoms with E-state index < -0.39 is 23.9 Å². The van der Waals surface area contributed by atoms with Crippen molar-refractivity contribution in [1.82, 2.24) is 0 Å². The molecule has 0 radical (unpaired) electrons. The molecule has 2 rings (SSSR count). The molecule has 25 heavy (non-hydrogen) atoms. The van der Waals surface area contributed by atoms with Crippen molar-refractivity contribution < 1.29 is 23.9 Å². The van der Waals surface area contributed by atoms with Gasteiger partial charge in [-0.05, 0) is 43.5 Å². The molecule has 7 nitrogen and oxygen atoms in total. The number of amides is 2. The Morgan fingerprint density at radius 1 is 1.28 bits per heavy atom. The van der Waals surface area contributed by atoms with Crippen LogP contribution in [-0.2, 0) is 19.1 Å². The van der Waals surface area contributed by atoms with Crippen molar-refractivity contribution in [3.63, 3.8) is 0 Å². The summed E-state index contributed by atoms with van der Waals surface area (Å²) in [5.74, 6) is -1.51. The third kappa shape index (κ3) is 4.89. The second kappa shape index (κ2) is 7.92. The highest BCUT2D eigenvalue weighted by molar-refractivity contribution is 5.96. The predicted molar refractivity (Wildman–Crippen MR) is 90.7 cm³/mol. The molecule has 134 valence electrons. The lowest BCUT2D eigenvalue weighted by atomic mass is 9.94. The minimum Gasteiger partial charge on any atom is -0.453 e. The van der Waals surface area contributed by atoms with E-state index in [0.29, 0.717) is 24.1 Å². The number of carbonyl (C=O) groups is 4. The lowest BCUT2D eigenvalue weighted by Crippen LogP contribution is -2.30. The number of Topliss-reactive ketones (excluding diaryl/α,β-unsaturated/α-hetero) is 1. The van der Waals surface area contributed by atoms with Gasteiger partial charge in [-0.25, -0.2) is 0 Å². The molecule has 0 heterocycles. The van der Waals surface area contributed by atoms with Gasteiger partial charge >= 0.3 is 5.97 Å². The lowest BCUT2D eigenvalue weighted by molar-refractivity contribution is -0.154. The number of benzene rings is 1. The molecule has 1 aliphatic rings. The maximum atomic E-state index is 12.1. The van der Waals surface area contributed by atoms with Gasteiger partial charge in [-0.3, -0.25) is 19.2 Å². The van der Waals surface area contributed by atoms with Crippen molar-refractivity contribution in [2.45, 2.75) is 39.2 Å². The van der Waals surface area contributed by atoms with Gasteiger partial charge in [0.05, 0.1) is 0 Å². The molecule has 1 aromatic carbocycles. The van der Waals surface area contributed by atoms with E-state index in [0.717, 1.165) is 0 Å². The topological polar surface area (TPSA) is 116 Å². The van der Waals surface area contributed by atoms with Crippen molar-refractivity contribution in [2.75, 3.05) is 5.32 Å². The zero-order valence-corrected chi connectivity index (χ0v) is 14.3. The molecule has 0 aromatic heterocycles. The third-order valence-corrected chi connectivity index (χ3v) is 4.52. The van der Waals surface area contributed by atoms with Crippen LogP contribution in [0, 0.1) is 11.8 Å². The summed E-state index contributed by atoms with van der Waals surface area (Å²) >= 11 is 0. The maximum absolute atomic E-state index is 12.1. The zero-order chi connectivity index (χ0) is 18.6. The summed E-state index contributed by atoms with van der Waals surface area (Å²) in [6.07, 6.45) is 0.353. The van der Waals surface area contributed by atoms with Crippen LogP contribution in [0.25, 0.3) is 0 Å². The molecule has 2 amide bonds. The highest BCUT2D eigenvalue weighted by Gasteiger charge is 2.33. The zero-order valence-electron chi connectivity index (χ0n) is 14.3. The maximum Gasteiger partial charge on any atom is 0.306 e. The van der Waals surface area contributed by atoms with E-state index in [2.05, 4.69) is 5.32 Å². The van der Waals surface area contributed by atoms with Crippen LogP contribution >= 0.6 is 0 Å². The molecule has 3 unspecified atom stereocenters. The monoisotopic (exact) mass is 346 g/mol. The smallest absolute Gasteiger partial charge is 0.306 e. The Balaban J connectivity index is 1.84. The fourth-order valence-electron chi connectivity index (χ4n) is 2.82. The fraction of sp³-hybridized carbons (Fsp3) is 0.444. The number of nitrogens with two attached hydrogens (primary N) is 1. The Morgan fingerprint density at radius 3 is 2.44 bits per heavy atom. The summed E-state index contributed by atoms with van der Waals surface area (Å²) in [6.45, 7) is 3.30. The van der Waals surface area contributed by atoms with E-state index in [1.54, 1.807) is 12.1 Å². The van der Waals surface area contributed by atoms with E-state index in [9.17, 15) is 19.2 Å². The molecule has 1 fully saturated rings. The summed E-state index contributed by atoms with van der Waals surface area (Å²) in [6, 6.07) is 6.07. The first kappa shape index (κ1) is 18.6. The first-order chi connectivity index (χ1) is 11.8. The minimum absolute atomic E-state index is 0.0170. The SMILES string of the molecule is CC(OC(=O)CC1CCC(=O)C1C)C(=O)Nc1ccc(C(N)=O)cc1. The lowest BCUT2D eigenvalue weighted by Gasteiger charge is -2.17. The highest BCUT2D eigenvalue weighted by atomic mass is 16.5. The molecular formula is C18H22N2O5. The number of nitrogens with one attached hydrogen (secondary N) is 1. The van der Waals surface area contributed by atoms with Crippen LogP contribution < -0.4 is 11.1 Å². The molecule has 1 aromatic rings. The van der Waals surface area contributed by atoms with Crippen LogP contribution in [0.3, 0.4) is 0 Å². The molecule has 3 N–H and O–H groups in total. The van der Waals surface area contributed by atoms with Gasteiger partial charge in [0.2, 0.25) is 5.91 Å². The van der Waals surface area contributed by atoms with Crippen LogP contribution in [0.15, 0.2) is 24.3 Å². The quantitative estimate of drug-likeness (QED) is 0.760. The van der Waals surface area contributed by atoms with E-state index in [1.807, 2.05) is 6.92 Å². The van der Waals surface area contributed by atoms with Gasteiger partial charge in [-0.2, -0.15) is 0 Å². The normalized spacial score (nSPS) is 20.8. The largest absolute Gasteiger partial charge is 0.453 e. The standard InChI is InChI=1S/C18H22N2O5/c1-10-13(5-8-15(10)21)9-16(22)25-11(2)18(24)20-14-6-3-12(4-7-14)17(19)23/h3-4,6-7,10-11,13H,5,8-9H2,1-2H3,(H2,19,23)(H,20,24). The third-order valence-electron chi connectivity index (χ3n) is 4.52. The second-order valence-electron chi connectivity index (χ2n) is 6.32. The number of carbonyl (C=O) groups excluding carboxylic acids is 4. The summed E-state index contributed by atoms with van der Waals surface area (Å²) in [7, 11) is 0. The molecular weight excluding hydrogens is 324 g/mol. The van der Waals surface area contributed by atoms with Crippen molar-refractivity contribution in [1.29, 1.82) is 0 Å². The summed E-state index contributed by atoms with van der Waals surface area (Å²) < 4.78 is 5.16. The van der Waals surface area contributed by atoms with Gasteiger partial charge in [0.25, 0.3) is 5.91 Å². The Morgan fingerprint density at radius 2 is 1.92 bits per heavy atom. The van der Waals surface area contributed by atoms with Gasteiger partial charge in [0, 0.05) is 30.0 Å². The van der Waals surface area contributed by atoms with Crippen molar-refractivity contribution in [2.24, 2.45) is 17.6 Å². The van der Waals surface area contributed by atoms with Crippen molar-refractivity contribution >= 4 is 29.3 Å². The fourth-order valence-corrected chi connectivity index (χ4v) is 2.82. The number of ether oxygens (including phenoxy) is 1. The van der Waals surface area contributed by atoms with Gasteiger partial charge in [0.1, 0.15) is 5.78 Å². The van der Waals surface area contributed by atoms with Crippen LogP contribution in [0.5, 0.6) is 0 Å². The van der Waals surface area contributed by atoms with Crippen LogP contribution in [0.2, 0.25) is 0 Å². The number of hydrogen-bond acceptors (Lipinski definition) is 5. The second-order valence-corrected chi connectivity index (χ2v) is 6.32. The predicted octanol–water partition coefficient (Wildman–Crippen LogP) is 1.66. The van der Waals surface area contributed by atoms with E-state index >= 15 is 0 Å². The number of rotatable bonds is 6. The number of ketones is 1. The first-order valence-corrected chi connectivity index (χ1v) is 8.21. The van der Waals surface area contributed by atoms with Crippen LogP contribution in [0.4, 0.5) is 5.69 Å². The molecule has 7 heteroatoms. The average molecular weight is 346 g/mol. The van der Waals surface area contributed by atoms with Crippen molar-refractivity contribution in [3.8, 4) is 0 Å². The Bertz CT molecular complexity index is 683. The van der Waals surface area contributed by atoms with Crippen molar-refractivity contribution in [3.05, 3.63) is 29.8 Å². The Kier molecular flexibility index (Phi) is 5.90. The number of esters is 1. The van der Waals surface area contributed by atoms with Gasteiger partial charge in [-0.1, -0.05) is 6.92 Å². The van der Waals surface area contributed by atoms with E-state index in [1.165, 1.54) is 19.1 Å². The highest BCUT2D eigenvalue weighted by Crippen LogP contribution is 2.31. The van der Waals surface area contributed by atoms with Gasteiger partial charge in [-0.15, -0.1) is 0 Å². The summed E-state index contributed by atoms with van der Waals surface area (Å²) in [5.41, 5.74) is 5.95. The average Bonchev–Trinajstić information content (AvgIpc) is 2.87. The number of primary amides is 1. The van der Waals surface area contributed by atoms with Gasteiger partial charge in [0.15, 0.2) is 6.10 Å². The van der Waals surface area contributed by atoms with Crippen LogP contribution in [0.1, 0.15) is 43.5 Å². The minimum atomic E-state index is -0.962. The molecule has 0 spiro atoms. The van der Waals surface area contributed by atoms with E-state index in [-0.39, 0.29) is 24.0 Å². The van der Waals surface area contributed by atoms with E-state index in [4.69, 9.17) is 10.5 Å². The molecule has 1 saturated carbocycles. The molecule has 3 atom stereocenters. The molecule has 0 saturated heterocycles. The van der Waals surface area contributed by atoms with Gasteiger partial charge < -0.3 is 15.8 Å². The number of anilines is 1. The molecule has 0 bridgehead atoms. The summed E-state index contributed by atoms with van der Waals surface area (Å²) in [5, 5.41) is 2.60. The first-order valence-electron chi connectivity index (χ1n) is 8.21. The summed E-state index contributed by atoms with van der Waals surface area (Å²) in [4.78, 5) is 46.6. The van der Waals surface area contributed by atoms with Crippen LogP contribution in [-0.4, -0.2) is 29.7 Å². The Labute approximate surface area is 145 Å².